The number of phenols is 1. The number of piperazine rings is 1. The molecule has 132 valence electrons. The molecule has 0 saturated carbocycles. The van der Waals surface area contributed by atoms with Crippen molar-refractivity contribution in [3.63, 3.8) is 0 Å². The molecular formula is C18H17N5O3. The van der Waals surface area contributed by atoms with E-state index < -0.39 is 5.97 Å². The Hall–Kier alpha value is -3.26. The predicted octanol–water partition coefficient (Wildman–Crippen LogP) is 1.51. The Morgan fingerprint density at radius 3 is 2.73 bits per heavy atom. The van der Waals surface area contributed by atoms with Crippen LogP contribution in [0, 0.1) is 0 Å². The van der Waals surface area contributed by atoms with Crippen LogP contribution in [-0.2, 0) is 0 Å². The molecule has 26 heavy (non-hydrogen) atoms. The summed E-state index contributed by atoms with van der Waals surface area (Å²) in [5, 5.41) is 23.4. The molecule has 1 fully saturated rings. The largest absolute Gasteiger partial charge is 0.506 e. The van der Waals surface area contributed by atoms with Gasteiger partial charge in [-0.2, -0.15) is 0 Å². The van der Waals surface area contributed by atoms with Crippen LogP contribution in [0.3, 0.4) is 0 Å². The van der Waals surface area contributed by atoms with Crippen molar-refractivity contribution in [2.24, 2.45) is 0 Å². The summed E-state index contributed by atoms with van der Waals surface area (Å²) < 4.78 is 0. The van der Waals surface area contributed by atoms with Gasteiger partial charge in [-0.05, 0) is 18.2 Å². The number of hydrogen-bond donors (Lipinski definition) is 3. The lowest BCUT2D eigenvalue weighted by Crippen LogP contribution is -2.44. The van der Waals surface area contributed by atoms with Crippen LogP contribution in [0.4, 0.5) is 5.95 Å². The van der Waals surface area contributed by atoms with Crippen molar-refractivity contribution >= 4 is 22.8 Å². The number of benzene rings is 1. The van der Waals surface area contributed by atoms with Crippen LogP contribution in [0.1, 0.15) is 10.5 Å². The highest BCUT2D eigenvalue weighted by atomic mass is 16.4. The van der Waals surface area contributed by atoms with Gasteiger partial charge in [0.05, 0.1) is 5.69 Å². The molecule has 0 atom stereocenters. The summed E-state index contributed by atoms with van der Waals surface area (Å²) in [5.41, 5.74) is 1.29. The van der Waals surface area contributed by atoms with Gasteiger partial charge in [0.15, 0.2) is 0 Å². The number of carbonyl (C=O) groups is 1. The van der Waals surface area contributed by atoms with Crippen LogP contribution < -0.4 is 10.2 Å². The second kappa shape index (κ2) is 6.57. The zero-order valence-corrected chi connectivity index (χ0v) is 13.9. The summed E-state index contributed by atoms with van der Waals surface area (Å²) in [6.07, 6.45) is 1.66. The number of nitrogens with zero attached hydrogens (tertiary/aromatic N) is 4. The Morgan fingerprint density at radius 2 is 1.96 bits per heavy atom. The number of rotatable bonds is 3. The molecule has 4 rings (SSSR count). The Balaban J connectivity index is 1.88. The number of aromatic nitrogens is 3. The lowest BCUT2D eigenvalue weighted by atomic mass is 10.0. The number of carboxylic acid groups (broad SMARTS) is 1. The molecule has 0 unspecified atom stereocenters. The third-order valence-corrected chi connectivity index (χ3v) is 4.36. The van der Waals surface area contributed by atoms with Crippen LogP contribution in [0.5, 0.6) is 5.75 Å². The highest BCUT2D eigenvalue weighted by Crippen LogP contribution is 2.32. The number of phenolic OH excluding ortho intramolecular Hbond substituents is 1. The summed E-state index contributed by atoms with van der Waals surface area (Å²) in [5.74, 6) is -0.623. The van der Waals surface area contributed by atoms with Gasteiger partial charge in [-0.1, -0.05) is 12.1 Å². The first-order valence-electron chi connectivity index (χ1n) is 8.28. The van der Waals surface area contributed by atoms with Gasteiger partial charge in [-0.25, -0.2) is 19.7 Å². The van der Waals surface area contributed by atoms with E-state index in [0.29, 0.717) is 22.6 Å². The number of hydrogen-bond acceptors (Lipinski definition) is 7. The lowest BCUT2D eigenvalue weighted by molar-refractivity contribution is 0.0691. The van der Waals surface area contributed by atoms with Crippen LogP contribution in [-0.4, -0.2) is 57.3 Å². The number of nitrogens with one attached hydrogen (secondary N) is 1. The van der Waals surface area contributed by atoms with E-state index in [0.717, 1.165) is 26.2 Å². The second-order valence-electron chi connectivity index (χ2n) is 6.01. The smallest absolute Gasteiger partial charge is 0.354 e. The summed E-state index contributed by atoms with van der Waals surface area (Å²) in [6.45, 7) is 3.34. The van der Waals surface area contributed by atoms with E-state index in [2.05, 4.69) is 25.2 Å². The van der Waals surface area contributed by atoms with Gasteiger partial charge in [0.1, 0.15) is 17.0 Å². The van der Waals surface area contributed by atoms with Gasteiger partial charge in [0.25, 0.3) is 0 Å². The van der Waals surface area contributed by atoms with Crippen molar-refractivity contribution in [1.82, 2.24) is 20.3 Å². The van der Waals surface area contributed by atoms with Crippen LogP contribution in [0.15, 0.2) is 36.5 Å². The number of fused-ring (bicyclic) bond motifs is 1. The van der Waals surface area contributed by atoms with E-state index in [4.69, 9.17) is 0 Å². The molecule has 8 nitrogen and oxygen atoms in total. The van der Waals surface area contributed by atoms with Crippen molar-refractivity contribution in [3.8, 4) is 17.0 Å². The van der Waals surface area contributed by atoms with Gasteiger partial charge in [0, 0.05) is 43.3 Å². The minimum atomic E-state index is -1.16. The van der Waals surface area contributed by atoms with Gasteiger partial charge >= 0.3 is 5.97 Å². The van der Waals surface area contributed by atoms with Crippen molar-refractivity contribution in [1.29, 1.82) is 0 Å². The summed E-state index contributed by atoms with van der Waals surface area (Å²) >= 11 is 0. The molecule has 1 aliphatic rings. The molecule has 3 N–H and O–H groups in total. The highest BCUT2D eigenvalue weighted by molar-refractivity contribution is 6.00. The lowest BCUT2D eigenvalue weighted by Gasteiger charge is -2.27. The van der Waals surface area contributed by atoms with E-state index in [9.17, 15) is 15.0 Å². The number of para-hydroxylation sites is 1. The molecule has 3 heterocycles. The van der Waals surface area contributed by atoms with Crippen LogP contribution in [0.2, 0.25) is 0 Å². The van der Waals surface area contributed by atoms with Gasteiger partial charge in [-0.3, -0.25) is 0 Å². The number of aromatic hydroxyl groups is 1. The Kier molecular flexibility index (Phi) is 4.10. The fourth-order valence-corrected chi connectivity index (χ4v) is 3.07. The molecule has 8 heteroatoms. The SMILES string of the molecule is O=C(O)c1cc(-c2ccnc(N3CCNCC3)n2)c2cccc(O)c2n1. The molecule has 1 saturated heterocycles. The van der Waals surface area contributed by atoms with E-state index in [1.54, 1.807) is 24.4 Å². The van der Waals surface area contributed by atoms with Crippen molar-refractivity contribution < 1.29 is 15.0 Å². The minimum Gasteiger partial charge on any atom is -0.506 e. The predicted molar refractivity (Wildman–Crippen MR) is 96.5 cm³/mol. The molecule has 1 aliphatic heterocycles. The molecule has 0 bridgehead atoms. The quantitative estimate of drug-likeness (QED) is 0.651. The maximum Gasteiger partial charge on any atom is 0.354 e. The fraction of sp³-hybridized carbons (Fsp3) is 0.222. The molecule has 2 aromatic heterocycles. The molecule has 3 aromatic rings. The summed E-state index contributed by atoms with van der Waals surface area (Å²) in [6, 6.07) is 8.18. The highest BCUT2D eigenvalue weighted by Gasteiger charge is 2.18. The molecule has 0 spiro atoms. The topological polar surface area (TPSA) is 111 Å². The standard InChI is InChI=1S/C18H17N5O3/c24-15-3-1-2-11-12(10-14(17(25)26)21-16(11)15)13-4-5-20-18(22-13)23-8-6-19-7-9-23/h1-5,10,19,24H,6-9H2,(H,25,26). The third kappa shape index (κ3) is 2.91. The first kappa shape index (κ1) is 16.2. The van der Waals surface area contributed by atoms with Crippen molar-refractivity contribution in [2.45, 2.75) is 0 Å². The van der Waals surface area contributed by atoms with Gasteiger partial charge < -0.3 is 20.4 Å². The molecule has 0 aliphatic carbocycles. The average Bonchev–Trinajstić information content (AvgIpc) is 2.68. The second-order valence-corrected chi connectivity index (χ2v) is 6.01. The first-order valence-corrected chi connectivity index (χ1v) is 8.28. The van der Waals surface area contributed by atoms with Crippen LogP contribution >= 0.6 is 0 Å². The molecule has 0 amide bonds. The van der Waals surface area contributed by atoms with Crippen molar-refractivity contribution in [3.05, 3.63) is 42.2 Å². The summed E-state index contributed by atoms with van der Waals surface area (Å²) in [7, 11) is 0. The number of anilines is 1. The minimum absolute atomic E-state index is 0.0664. The number of carboxylic acids is 1. The molecule has 1 aromatic carbocycles. The van der Waals surface area contributed by atoms with E-state index >= 15 is 0 Å². The van der Waals surface area contributed by atoms with Gasteiger partial charge in [-0.15, -0.1) is 0 Å². The number of aromatic carboxylic acids is 1. The normalized spacial score (nSPS) is 14.5. The zero-order valence-electron chi connectivity index (χ0n) is 13.9. The number of pyridine rings is 1. The summed E-state index contributed by atoms with van der Waals surface area (Å²) in [4.78, 5) is 26.6. The van der Waals surface area contributed by atoms with E-state index in [1.807, 2.05) is 0 Å². The molecule has 0 radical (unpaired) electrons. The maximum absolute atomic E-state index is 11.5. The Labute approximate surface area is 149 Å². The Morgan fingerprint density at radius 1 is 1.15 bits per heavy atom. The third-order valence-electron chi connectivity index (χ3n) is 4.36. The van der Waals surface area contributed by atoms with E-state index in [-0.39, 0.29) is 17.0 Å². The molecular weight excluding hydrogens is 334 g/mol. The van der Waals surface area contributed by atoms with Crippen molar-refractivity contribution in [2.75, 3.05) is 31.1 Å². The van der Waals surface area contributed by atoms with Gasteiger partial charge in [0.2, 0.25) is 5.95 Å². The monoisotopic (exact) mass is 351 g/mol. The fourth-order valence-electron chi connectivity index (χ4n) is 3.07. The zero-order chi connectivity index (χ0) is 18.1. The maximum atomic E-state index is 11.5. The van der Waals surface area contributed by atoms with E-state index in [1.165, 1.54) is 12.1 Å². The van der Waals surface area contributed by atoms with Crippen LogP contribution in [0.25, 0.3) is 22.2 Å². The first-order chi connectivity index (χ1) is 12.6. The average molecular weight is 351 g/mol. The Bertz CT molecular complexity index is 986.